The highest BCUT2D eigenvalue weighted by molar-refractivity contribution is 5.99. The summed E-state index contributed by atoms with van der Waals surface area (Å²) in [7, 11) is 0. The van der Waals surface area contributed by atoms with Crippen molar-refractivity contribution in [2.45, 2.75) is 45.6 Å². The molecule has 0 aromatic carbocycles. The number of nitrogens with one attached hydrogen (secondary N) is 2. The Morgan fingerprint density at radius 2 is 1.97 bits per heavy atom. The highest BCUT2D eigenvalue weighted by Gasteiger charge is 2.25. The number of rotatable bonds is 7. The molecule has 0 amide bonds. The van der Waals surface area contributed by atoms with Gasteiger partial charge in [-0.25, -0.2) is 9.97 Å². The Hall–Kier alpha value is -3.04. The summed E-state index contributed by atoms with van der Waals surface area (Å²) < 4.78 is 1.70. The van der Waals surface area contributed by atoms with Crippen LogP contribution >= 0.6 is 12.4 Å². The quantitative estimate of drug-likeness (QED) is 0.461. The number of carbonyl (C=O) groups is 1. The summed E-state index contributed by atoms with van der Waals surface area (Å²) >= 11 is 0. The standard InChI is InChI=1S/C22H27N7O2.ClH/c1-13-17-12-26-22(27-18-8-7-15(11-25-18)24-10-9-23)28-20(17)29(16-5-3-4-6-16)21(31)19(13)14(2)30;/h7-8,11-12,16,24H,3-6,9-10,23H2,1-2H3,(H,25,26,27,28);1H. The predicted octanol–water partition coefficient (Wildman–Crippen LogP) is 3.35. The maximum atomic E-state index is 13.3. The van der Waals surface area contributed by atoms with E-state index in [-0.39, 0.29) is 35.4 Å². The Bertz CT molecular complexity index is 1170. The SMILES string of the molecule is CC(=O)c1c(C)c2cnc(Nc3ccc(NCCN)cn3)nc2n(C2CCCC2)c1=O.Cl. The van der Waals surface area contributed by atoms with Gasteiger partial charge in [0.05, 0.1) is 17.4 Å². The number of hydrogen-bond acceptors (Lipinski definition) is 8. The number of aryl methyl sites for hydroxylation is 1. The first-order valence-corrected chi connectivity index (χ1v) is 10.6. The van der Waals surface area contributed by atoms with E-state index in [9.17, 15) is 9.59 Å². The van der Waals surface area contributed by atoms with Gasteiger partial charge in [0.1, 0.15) is 11.5 Å². The summed E-state index contributed by atoms with van der Waals surface area (Å²) in [5, 5.41) is 6.99. The molecule has 1 fully saturated rings. The van der Waals surface area contributed by atoms with Crippen LogP contribution in [0.3, 0.4) is 0 Å². The van der Waals surface area contributed by atoms with E-state index >= 15 is 0 Å². The minimum Gasteiger partial charge on any atom is -0.383 e. The molecule has 3 aromatic rings. The summed E-state index contributed by atoms with van der Waals surface area (Å²) in [5.41, 5.74) is 7.52. The molecule has 0 saturated heterocycles. The number of nitrogens with two attached hydrogens (primary N) is 1. The van der Waals surface area contributed by atoms with Crippen molar-refractivity contribution in [1.82, 2.24) is 19.5 Å². The normalized spacial score (nSPS) is 13.7. The van der Waals surface area contributed by atoms with Crippen molar-refractivity contribution < 1.29 is 4.79 Å². The lowest BCUT2D eigenvalue weighted by molar-refractivity contribution is 0.101. The lowest BCUT2D eigenvalue weighted by Crippen LogP contribution is -2.30. The monoisotopic (exact) mass is 457 g/mol. The van der Waals surface area contributed by atoms with Crippen LogP contribution in [0.15, 0.2) is 29.3 Å². The molecule has 170 valence electrons. The summed E-state index contributed by atoms with van der Waals surface area (Å²) in [6, 6.07) is 3.76. The van der Waals surface area contributed by atoms with Gasteiger partial charge in [-0.3, -0.25) is 14.2 Å². The molecule has 1 aliphatic rings. The fourth-order valence-electron chi connectivity index (χ4n) is 4.21. The highest BCUT2D eigenvalue weighted by atomic mass is 35.5. The fourth-order valence-corrected chi connectivity index (χ4v) is 4.21. The van der Waals surface area contributed by atoms with Gasteiger partial charge < -0.3 is 16.4 Å². The first-order chi connectivity index (χ1) is 15.0. The zero-order valence-electron chi connectivity index (χ0n) is 18.2. The molecule has 10 heteroatoms. The number of hydrogen-bond donors (Lipinski definition) is 3. The van der Waals surface area contributed by atoms with Crippen LogP contribution < -0.4 is 21.9 Å². The molecule has 0 atom stereocenters. The van der Waals surface area contributed by atoms with Gasteiger partial charge in [-0.1, -0.05) is 12.8 Å². The highest BCUT2D eigenvalue weighted by Crippen LogP contribution is 2.32. The Balaban J connectivity index is 0.00000289. The molecule has 0 unspecified atom stereocenters. The molecule has 32 heavy (non-hydrogen) atoms. The van der Waals surface area contributed by atoms with Crippen LogP contribution in [0.2, 0.25) is 0 Å². The van der Waals surface area contributed by atoms with Crippen molar-refractivity contribution in [3.63, 3.8) is 0 Å². The number of pyridine rings is 2. The number of carbonyl (C=O) groups excluding carboxylic acids is 1. The zero-order valence-corrected chi connectivity index (χ0v) is 19.0. The van der Waals surface area contributed by atoms with Crippen LogP contribution in [-0.2, 0) is 0 Å². The van der Waals surface area contributed by atoms with Crippen LogP contribution in [0, 0.1) is 6.92 Å². The number of ketones is 1. The van der Waals surface area contributed by atoms with E-state index in [4.69, 9.17) is 5.73 Å². The smallest absolute Gasteiger partial charge is 0.263 e. The number of halogens is 1. The van der Waals surface area contributed by atoms with E-state index in [2.05, 4.69) is 25.6 Å². The maximum Gasteiger partial charge on any atom is 0.263 e. The Morgan fingerprint density at radius 3 is 2.59 bits per heavy atom. The van der Waals surface area contributed by atoms with E-state index in [0.29, 0.717) is 36.1 Å². The van der Waals surface area contributed by atoms with E-state index in [1.54, 1.807) is 23.9 Å². The molecule has 9 nitrogen and oxygen atoms in total. The summed E-state index contributed by atoms with van der Waals surface area (Å²) in [6.07, 6.45) is 7.31. The minimum absolute atomic E-state index is 0. The number of anilines is 3. The fraction of sp³-hybridized carbons (Fsp3) is 0.409. The van der Waals surface area contributed by atoms with E-state index in [1.807, 2.05) is 12.1 Å². The van der Waals surface area contributed by atoms with E-state index in [0.717, 1.165) is 36.8 Å². The third kappa shape index (κ3) is 4.58. The second-order valence-electron chi connectivity index (χ2n) is 7.87. The van der Waals surface area contributed by atoms with Gasteiger partial charge in [0.2, 0.25) is 5.95 Å². The van der Waals surface area contributed by atoms with Crippen molar-refractivity contribution in [2.24, 2.45) is 5.73 Å². The molecule has 3 heterocycles. The molecule has 1 saturated carbocycles. The molecule has 0 bridgehead atoms. The van der Waals surface area contributed by atoms with Gasteiger partial charge in [-0.2, -0.15) is 4.98 Å². The zero-order chi connectivity index (χ0) is 22.0. The van der Waals surface area contributed by atoms with Crippen LogP contribution in [-0.4, -0.2) is 38.4 Å². The Kier molecular flexibility index (Phi) is 7.42. The van der Waals surface area contributed by atoms with Gasteiger partial charge >= 0.3 is 0 Å². The molecule has 4 N–H and O–H groups in total. The van der Waals surface area contributed by atoms with Gasteiger partial charge in [0, 0.05) is 30.7 Å². The lowest BCUT2D eigenvalue weighted by atomic mass is 10.0. The third-order valence-electron chi connectivity index (χ3n) is 5.73. The van der Waals surface area contributed by atoms with Gasteiger partial charge in [0.15, 0.2) is 5.78 Å². The van der Waals surface area contributed by atoms with Gasteiger partial charge in [-0.15, -0.1) is 12.4 Å². The average Bonchev–Trinajstić information content (AvgIpc) is 3.27. The largest absolute Gasteiger partial charge is 0.383 e. The number of aromatic nitrogens is 4. The van der Waals surface area contributed by atoms with Crippen molar-refractivity contribution in [3.8, 4) is 0 Å². The Labute approximate surface area is 192 Å². The minimum atomic E-state index is -0.262. The molecule has 0 radical (unpaired) electrons. The number of fused-ring (bicyclic) bond motifs is 1. The van der Waals surface area contributed by atoms with E-state index < -0.39 is 0 Å². The van der Waals surface area contributed by atoms with Crippen LogP contribution in [0.25, 0.3) is 11.0 Å². The molecule has 3 aromatic heterocycles. The molecule has 1 aliphatic carbocycles. The average molecular weight is 458 g/mol. The second kappa shape index (κ2) is 10.1. The Morgan fingerprint density at radius 1 is 1.22 bits per heavy atom. The van der Waals surface area contributed by atoms with Crippen molar-refractivity contribution >= 4 is 46.7 Å². The maximum absolute atomic E-state index is 13.3. The van der Waals surface area contributed by atoms with Crippen LogP contribution in [0.4, 0.5) is 17.5 Å². The molecule has 0 aliphatic heterocycles. The molecular weight excluding hydrogens is 430 g/mol. The summed E-state index contributed by atoms with van der Waals surface area (Å²) in [5.74, 6) is 0.708. The summed E-state index contributed by atoms with van der Waals surface area (Å²) in [6.45, 7) is 4.43. The first kappa shape index (κ1) is 23.6. The second-order valence-corrected chi connectivity index (χ2v) is 7.87. The first-order valence-electron chi connectivity index (χ1n) is 10.6. The van der Waals surface area contributed by atoms with E-state index in [1.165, 1.54) is 6.92 Å². The van der Waals surface area contributed by atoms with Gasteiger partial charge in [0.25, 0.3) is 5.56 Å². The van der Waals surface area contributed by atoms with Crippen LogP contribution in [0.5, 0.6) is 0 Å². The lowest BCUT2D eigenvalue weighted by Gasteiger charge is -2.19. The summed E-state index contributed by atoms with van der Waals surface area (Å²) in [4.78, 5) is 38.9. The van der Waals surface area contributed by atoms with Crippen molar-refractivity contribution in [3.05, 3.63) is 46.0 Å². The third-order valence-corrected chi connectivity index (χ3v) is 5.73. The molecule has 0 spiro atoms. The van der Waals surface area contributed by atoms with Crippen molar-refractivity contribution in [2.75, 3.05) is 23.7 Å². The number of nitrogens with zero attached hydrogens (tertiary/aromatic N) is 4. The molecular formula is C22H28ClN7O2. The topological polar surface area (TPSA) is 128 Å². The van der Waals surface area contributed by atoms with Crippen molar-refractivity contribution in [1.29, 1.82) is 0 Å². The molecule has 4 rings (SSSR count). The number of Topliss-reactive ketones (excluding diaryl/α,β-unsaturated/α-hetero) is 1. The van der Waals surface area contributed by atoms with Crippen LogP contribution in [0.1, 0.15) is 54.6 Å². The predicted molar refractivity (Wildman–Crippen MR) is 128 cm³/mol. The van der Waals surface area contributed by atoms with Gasteiger partial charge in [-0.05, 0) is 44.4 Å².